The largest absolute Gasteiger partial charge is 0.508 e. The summed E-state index contributed by atoms with van der Waals surface area (Å²) < 4.78 is 11.6. The third-order valence-corrected chi connectivity index (χ3v) is 4.25. The van der Waals surface area contributed by atoms with Gasteiger partial charge >= 0.3 is 0 Å². The molecule has 4 rings (SSSR count). The van der Waals surface area contributed by atoms with Crippen LogP contribution in [-0.4, -0.2) is 20.9 Å². The fourth-order valence-electron chi connectivity index (χ4n) is 3.00. The molecule has 0 atom stereocenters. The minimum atomic E-state index is -0.631. The lowest BCUT2D eigenvalue weighted by atomic mass is 9.99. The SMILES string of the molecule is CC1(C)C=Cc2c(O)cc3oc(-c4ccc(O)cc4O)cc(=O)c3c2O1. The molecule has 26 heavy (non-hydrogen) atoms. The van der Waals surface area contributed by atoms with Crippen molar-refractivity contribution in [3.63, 3.8) is 0 Å². The van der Waals surface area contributed by atoms with Gasteiger partial charge in [-0.05, 0) is 38.1 Å². The highest BCUT2D eigenvalue weighted by atomic mass is 16.5. The first-order chi connectivity index (χ1) is 12.2. The summed E-state index contributed by atoms with van der Waals surface area (Å²) in [4.78, 5) is 12.8. The van der Waals surface area contributed by atoms with Crippen LogP contribution in [0.3, 0.4) is 0 Å². The lowest BCUT2D eigenvalue weighted by Crippen LogP contribution is -2.28. The molecule has 6 heteroatoms. The predicted octanol–water partition coefficient (Wildman–Crippen LogP) is 3.76. The average Bonchev–Trinajstić information content (AvgIpc) is 2.53. The molecule has 3 aromatic rings. The monoisotopic (exact) mass is 352 g/mol. The van der Waals surface area contributed by atoms with Gasteiger partial charge in [0.05, 0.1) is 11.1 Å². The molecule has 132 valence electrons. The van der Waals surface area contributed by atoms with Crippen molar-refractivity contribution in [3.05, 3.63) is 52.2 Å². The Morgan fingerprint density at radius 1 is 1.00 bits per heavy atom. The molecule has 0 aliphatic carbocycles. The van der Waals surface area contributed by atoms with Crippen LogP contribution in [-0.2, 0) is 0 Å². The van der Waals surface area contributed by atoms with E-state index in [1.165, 1.54) is 24.3 Å². The lowest BCUT2D eigenvalue weighted by Gasteiger charge is -2.28. The van der Waals surface area contributed by atoms with Crippen LogP contribution in [0.25, 0.3) is 28.4 Å². The van der Waals surface area contributed by atoms with Crippen LogP contribution in [0.15, 0.2) is 45.6 Å². The Morgan fingerprint density at radius 2 is 1.77 bits per heavy atom. The summed E-state index contributed by atoms with van der Waals surface area (Å²) >= 11 is 0. The highest BCUT2D eigenvalue weighted by Crippen LogP contribution is 2.42. The summed E-state index contributed by atoms with van der Waals surface area (Å²) in [5.74, 6) is -0.0271. The Labute approximate surface area is 148 Å². The van der Waals surface area contributed by atoms with Crippen LogP contribution >= 0.6 is 0 Å². The molecule has 2 heterocycles. The average molecular weight is 352 g/mol. The fraction of sp³-hybridized carbons (Fsp3) is 0.150. The fourth-order valence-corrected chi connectivity index (χ4v) is 3.00. The van der Waals surface area contributed by atoms with Gasteiger partial charge in [-0.2, -0.15) is 0 Å². The first kappa shape index (κ1) is 16.1. The number of aromatic hydroxyl groups is 3. The van der Waals surface area contributed by atoms with Crippen molar-refractivity contribution < 1.29 is 24.5 Å². The number of fused-ring (bicyclic) bond motifs is 3. The molecule has 2 aromatic carbocycles. The molecular weight excluding hydrogens is 336 g/mol. The highest BCUT2D eigenvalue weighted by molar-refractivity contribution is 5.92. The lowest BCUT2D eigenvalue weighted by molar-refractivity contribution is 0.160. The van der Waals surface area contributed by atoms with Crippen LogP contribution in [0.1, 0.15) is 19.4 Å². The number of rotatable bonds is 1. The Balaban J connectivity index is 2.01. The van der Waals surface area contributed by atoms with E-state index in [-0.39, 0.29) is 50.7 Å². The van der Waals surface area contributed by atoms with Crippen LogP contribution in [0, 0.1) is 0 Å². The standard InChI is InChI=1S/C20H16O6/c1-20(2)6-5-12-14(23)8-17-18(19(12)26-20)15(24)9-16(25-17)11-4-3-10(21)7-13(11)22/h3-9,21-23H,1-2H3. The Kier molecular flexibility index (Phi) is 3.27. The molecule has 0 spiro atoms. The highest BCUT2D eigenvalue weighted by Gasteiger charge is 2.27. The predicted molar refractivity (Wildman–Crippen MR) is 96.7 cm³/mol. The van der Waals surface area contributed by atoms with E-state index in [1.54, 1.807) is 12.2 Å². The molecule has 0 bridgehead atoms. The van der Waals surface area contributed by atoms with E-state index in [1.807, 2.05) is 13.8 Å². The van der Waals surface area contributed by atoms with Gasteiger partial charge in [0.2, 0.25) is 0 Å². The van der Waals surface area contributed by atoms with Crippen molar-refractivity contribution in [3.8, 4) is 34.3 Å². The second kappa shape index (κ2) is 5.29. The van der Waals surface area contributed by atoms with Gasteiger partial charge < -0.3 is 24.5 Å². The zero-order valence-corrected chi connectivity index (χ0v) is 14.1. The van der Waals surface area contributed by atoms with Gasteiger partial charge in [0, 0.05) is 18.2 Å². The topological polar surface area (TPSA) is 100 Å². The first-order valence-electron chi connectivity index (χ1n) is 7.99. The normalized spacial score (nSPS) is 14.8. The molecule has 1 aromatic heterocycles. The van der Waals surface area contributed by atoms with E-state index in [0.717, 1.165) is 6.07 Å². The molecule has 0 saturated heterocycles. The smallest absolute Gasteiger partial charge is 0.197 e. The molecule has 1 aliphatic rings. The zero-order valence-electron chi connectivity index (χ0n) is 14.1. The summed E-state index contributed by atoms with van der Waals surface area (Å²) in [5.41, 5.74) is -0.184. The van der Waals surface area contributed by atoms with E-state index < -0.39 is 5.60 Å². The van der Waals surface area contributed by atoms with Gasteiger partial charge in [-0.3, -0.25) is 4.79 Å². The summed E-state index contributed by atoms with van der Waals surface area (Å²) in [5, 5.41) is 29.9. The molecule has 6 nitrogen and oxygen atoms in total. The van der Waals surface area contributed by atoms with Gasteiger partial charge in [-0.15, -0.1) is 0 Å². The first-order valence-corrected chi connectivity index (χ1v) is 7.99. The summed E-state index contributed by atoms with van der Waals surface area (Å²) in [6, 6.07) is 6.57. The van der Waals surface area contributed by atoms with E-state index in [0.29, 0.717) is 5.56 Å². The maximum absolute atomic E-state index is 12.8. The molecule has 3 N–H and O–H groups in total. The quantitative estimate of drug-likeness (QED) is 0.616. The van der Waals surface area contributed by atoms with Gasteiger partial charge in [0.1, 0.15) is 45.3 Å². The second-order valence-electron chi connectivity index (χ2n) is 6.73. The van der Waals surface area contributed by atoms with Gasteiger partial charge in [0.15, 0.2) is 5.43 Å². The van der Waals surface area contributed by atoms with Crippen molar-refractivity contribution in [2.75, 3.05) is 0 Å². The number of ether oxygens (including phenoxy) is 1. The van der Waals surface area contributed by atoms with Gasteiger partial charge in [-0.25, -0.2) is 0 Å². The molecule has 1 aliphatic heterocycles. The molecule has 0 unspecified atom stereocenters. The van der Waals surface area contributed by atoms with E-state index >= 15 is 0 Å². The number of phenolic OH excluding ortho intramolecular Hbond substituents is 3. The molecule has 0 radical (unpaired) electrons. The third-order valence-electron chi connectivity index (χ3n) is 4.25. The van der Waals surface area contributed by atoms with Gasteiger partial charge in [-0.1, -0.05) is 0 Å². The molecular formula is C20H16O6. The summed E-state index contributed by atoms with van der Waals surface area (Å²) in [6.45, 7) is 3.68. The molecule has 0 saturated carbocycles. The number of hydrogen-bond acceptors (Lipinski definition) is 6. The maximum atomic E-state index is 12.8. The van der Waals surface area contributed by atoms with Crippen molar-refractivity contribution in [2.24, 2.45) is 0 Å². The minimum Gasteiger partial charge on any atom is -0.508 e. The maximum Gasteiger partial charge on any atom is 0.197 e. The Bertz CT molecular complexity index is 1140. The Morgan fingerprint density at radius 3 is 2.50 bits per heavy atom. The zero-order chi connectivity index (χ0) is 18.6. The number of phenols is 3. The van der Waals surface area contributed by atoms with Crippen molar-refractivity contribution in [1.29, 1.82) is 0 Å². The molecule has 0 fully saturated rings. The van der Waals surface area contributed by atoms with Crippen LogP contribution in [0.5, 0.6) is 23.0 Å². The van der Waals surface area contributed by atoms with Crippen molar-refractivity contribution in [1.82, 2.24) is 0 Å². The third kappa shape index (κ3) is 2.47. The van der Waals surface area contributed by atoms with Crippen LogP contribution < -0.4 is 10.2 Å². The number of benzene rings is 2. The van der Waals surface area contributed by atoms with E-state index in [4.69, 9.17) is 9.15 Å². The van der Waals surface area contributed by atoms with Crippen molar-refractivity contribution in [2.45, 2.75) is 19.4 Å². The Hall–Kier alpha value is -3.41. The number of hydrogen-bond donors (Lipinski definition) is 3. The van der Waals surface area contributed by atoms with E-state index in [9.17, 15) is 20.1 Å². The molecule has 0 amide bonds. The van der Waals surface area contributed by atoms with Crippen LogP contribution in [0.4, 0.5) is 0 Å². The van der Waals surface area contributed by atoms with Crippen LogP contribution in [0.2, 0.25) is 0 Å². The summed E-state index contributed by atoms with van der Waals surface area (Å²) in [6.07, 6.45) is 3.51. The van der Waals surface area contributed by atoms with Crippen molar-refractivity contribution >= 4 is 17.0 Å². The van der Waals surface area contributed by atoms with E-state index in [2.05, 4.69) is 0 Å². The summed E-state index contributed by atoms with van der Waals surface area (Å²) in [7, 11) is 0. The second-order valence-corrected chi connectivity index (χ2v) is 6.73. The van der Waals surface area contributed by atoms with Gasteiger partial charge in [0.25, 0.3) is 0 Å². The minimum absolute atomic E-state index is 0.0746.